The standard InChI is InChI=1S/C14H27N/c1-11(2)12-6-8-13(9-7-12)14-5-3-4-10-15-14/h11-15H,3-10H2,1-2H3. The van der Waals surface area contributed by atoms with E-state index in [2.05, 4.69) is 19.2 Å². The third kappa shape index (κ3) is 2.96. The molecule has 2 rings (SSSR count). The smallest absolute Gasteiger partial charge is 0.00953 e. The Kier molecular flexibility index (Phi) is 4.07. The molecule has 1 unspecified atom stereocenters. The molecule has 2 aliphatic rings. The van der Waals surface area contributed by atoms with E-state index in [0.717, 1.165) is 23.8 Å². The Bertz CT molecular complexity index is 174. The zero-order valence-corrected chi connectivity index (χ0v) is 10.5. The van der Waals surface area contributed by atoms with Gasteiger partial charge < -0.3 is 5.32 Å². The highest BCUT2D eigenvalue weighted by molar-refractivity contribution is 4.84. The van der Waals surface area contributed by atoms with E-state index < -0.39 is 0 Å². The highest BCUT2D eigenvalue weighted by Crippen LogP contribution is 2.36. The van der Waals surface area contributed by atoms with Gasteiger partial charge in [-0.3, -0.25) is 0 Å². The molecule has 15 heavy (non-hydrogen) atoms. The minimum absolute atomic E-state index is 0.867. The van der Waals surface area contributed by atoms with Crippen LogP contribution in [0, 0.1) is 17.8 Å². The fourth-order valence-electron chi connectivity index (χ4n) is 3.50. The van der Waals surface area contributed by atoms with Crippen molar-refractivity contribution in [2.45, 2.75) is 64.8 Å². The molecule has 1 heterocycles. The number of nitrogens with one attached hydrogen (secondary N) is 1. The van der Waals surface area contributed by atoms with Crippen LogP contribution in [0.25, 0.3) is 0 Å². The van der Waals surface area contributed by atoms with Crippen LogP contribution in [0.3, 0.4) is 0 Å². The van der Waals surface area contributed by atoms with Crippen LogP contribution in [0.2, 0.25) is 0 Å². The molecule has 1 aliphatic heterocycles. The fraction of sp³-hybridized carbons (Fsp3) is 1.00. The summed E-state index contributed by atoms with van der Waals surface area (Å²) in [5.41, 5.74) is 0. The summed E-state index contributed by atoms with van der Waals surface area (Å²) in [5.74, 6) is 2.93. The second-order valence-electron chi connectivity index (χ2n) is 5.98. The lowest BCUT2D eigenvalue weighted by Crippen LogP contribution is -2.41. The van der Waals surface area contributed by atoms with Gasteiger partial charge in [-0.1, -0.05) is 20.3 Å². The van der Waals surface area contributed by atoms with Gasteiger partial charge in [-0.25, -0.2) is 0 Å². The second-order valence-corrected chi connectivity index (χ2v) is 5.98. The molecule has 1 nitrogen and oxygen atoms in total. The monoisotopic (exact) mass is 209 g/mol. The van der Waals surface area contributed by atoms with E-state index in [-0.39, 0.29) is 0 Å². The molecule has 1 saturated heterocycles. The van der Waals surface area contributed by atoms with Crippen LogP contribution in [-0.4, -0.2) is 12.6 Å². The van der Waals surface area contributed by atoms with Crippen molar-refractivity contribution in [2.75, 3.05) is 6.54 Å². The molecule has 0 radical (unpaired) electrons. The largest absolute Gasteiger partial charge is 0.314 e. The Hall–Kier alpha value is -0.0400. The summed E-state index contributed by atoms with van der Waals surface area (Å²) >= 11 is 0. The summed E-state index contributed by atoms with van der Waals surface area (Å²) in [7, 11) is 0. The molecule has 0 bridgehead atoms. The lowest BCUT2D eigenvalue weighted by molar-refractivity contribution is 0.173. The summed E-state index contributed by atoms with van der Waals surface area (Å²) in [6.07, 6.45) is 10.2. The van der Waals surface area contributed by atoms with Crippen LogP contribution in [0.5, 0.6) is 0 Å². The summed E-state index contributed by atoms with van der Waals surface area (Å²) in [6.45, 7) is 6.06. The maximum absolute atomic E-state index is 3.73. The zero-order valence-electron chi connectivity index (χ0n) is 10.5. The number of piperidine rings is 1. The second kappa shape index (κ2) is 5.34. The van der Waals surface area contributed by atoms with E-state index in [0.29, 0.717) is 0 Å². The number of hydrogen-bond acceptors (Lipinski definition) is 1. The minimum atomic E-state index is 0.867. The van der Waals surface area contributed by atoms with E-state index in [1.165, 1.54) is 51.5 Å². The first-order valence-corrected chi connectivity index (χ1v) is 7.00. The molecule has 1 heteroatoms. The Balaban J connectivity index is 1.77. The van der Waals surface area contributed by atoms with Crippen LogP contribution >= 0.6 is 0 Å². The molecule has 0 amide bonds. The Morgan fingerprint density at radius 1 is 0.933 bits per heavy atom. The molecule has 0 spiro atoms. The van der Waals surface area contributed by atoms with Crippen molar-refractivity contribution < 1.29 is 0 Å². The fourth-order valence-corrected chi connectivity index (χ4v) is 3.50. The van der Waals surface area contributed by atoms with Gasteiger partial charge in [0.2, 0.25) is 0 Å². The molecule has 0 aromatic carbocycles. The van der Waals surface area contributed by atoms with Gasteiger partial charge in [0, 0.05) is 6.04 Å². The topological polar surface area (TPSA) is 12.0 Å². The molecule has 1 saturated carbocycles. The van der Waals surface area contributed by atoms with E-state index in [1.54, 1.807) is 0 Å². The molecular weight excluding hydrogens is 182 g/mol. The lowest BCUT2D eigenvalue weighted by Gasteiger charge is -2.37. The third-order valence-electron chi connectivity index (χ3n) is 4.68. The summed E-state index contributed by atoms with van der Waals surface area (Å²) in [5, 5.41) is 3.73. The van der Waals surface area contributed by atoms with Crippen LogP contribution in [0.1, 0.15) is 58.8 Å². The van der Waals surface area contributed by atoms with Gasteiger partial charge in [0.1, 0.15) is 0 Å². The molecule has 0 aromatic heterocycles. The van der Waals surface area contributed by atoms with Crippen LogP contribution in [0.15, 0.2) is 0 Å². The van der Waals surface area contributed by atoms with Gasteiger partial charge in [-0.2, -0.15) is 0 Å². The quantitative estimate of drug-likeness (QED) is 0.733. The summed E-state index contributed by atoms with van der Waals surface area (Å²) < 4.78 is 0. The first kappa shape index (κ1) is 11.4. The van der Waals surface area contributed by atoms with Gasteiger partial charge in [-0.05, 0) is 62.8 Å². The van der Waals surface area contributed by atoms with Crippen molar-refractivity contribution >= 4 is 0 Å². The van der Waals surface area contributed by atoms with Gasteiger partial charge in [0.15, 0.2) is 0 Å². The van der Waals surface area contributed by atoms with Crippen molar-refractivity contribution in [1.82, 2.24) is 5.32 Å². The molecule has 0 aromatic rings. The molecule has 88 valence electrons. The van der Waals surface area contributed by atoms with Gasteiger partial charge >= 0.3 is 0 Å². The van der Waals surface area contributed by atoms with E-state index >= 15 is 0 Å². The van der Waals surface area contributed by atoms with E-state index in [1.807, 2.05) is 0 Å². The van der Waals surface area contributed by atoms with Crippen molar-refractivity contribution in [3.63, 3.8) is 0 Å². The molecule has 2 fully saturated rings. The molecular formula is C14H27N. The Morgan fingerprint density at radius 2 is 1.67 bits per heavy atom. The third-order valence-corrected chi connectivity index (χ3v) is 4.68. The maximum atomic E-state index is 3.73. The maximum Gasteiger partial charge on any atom is 0.00953 e. The Morgan fingerprint density at radius 3 is 2.20 bits per heavy atom. The number of rotatable bonds is 2. The Labute approximate surface area is 95.0 Å². The number of hydrogen-bond donors (Lipinski definition) is 1. The lowest BCUT2D eigenvalue weighted by atomic mass is 9.73. The minimum Gasteiger partial charge on any atom is -0.314 e. The molecule has 1 aliphatic carbocycles. The molecule has 1 atom stereocenters. The van der Waals surface area contributed by atoms with Crippen molar-refractivity contribution in [3.8, 4) is 0 Å². The highest BCUT2D eigenvalue weighted by atomic mass is 14.9. The molecule has 1 N–H and O–H groups in total. The first-order valence-electron chi connectivity index (χ1n) is 7.00. The SMILES string of the molecule is CC(C)C1CCC(C2CCCCN2)CC1. The first-order chi connectivity index (χ1) is 7.27. The van der Waals surface area contributed by atoms with Gasteiger partial charge in [0.05, 0.1) is 0 Å². The van der Waals surface area contributed by atoms with Crippen LogP contribution in [0.4, 0.5) is 0 Å². The highest BCUT2D eigenvalue weighted by Gasteiger charge is 2.29. The van der Waals surface area contributed by atoms with Crippen LogP contribution < -0.4 is 5.32 Å². The average molecular weight is 209 g/mol. The average Bonchev–Trinajstić information content (AvgIpc) is 2.30. The zero-order chi connectivity index (χ0) is 10.7. The summed E-state index contributed by atoms with van der Waals surface area (Å²) in [4.78, 5) is 0. The van der Waals surface area contributed by atoms with E-state index in [9.17, 15) is 0 Å². The van der Waals surface area contributed by atoms with Crippen molar-refractivity contribution in [2.24, 2.45) is 17.8 Å². The van der Waals surface area contributed by atoms with E-state index in [4.69, 9.17) is 0 Å². The van der Waals surface area contributed by atoms with Crippen LogP contribution in [-0.2, 0) is 0 Å². The van der Waals surface area contributed by atoms with Crippen molar-refractivity contribution in [1.29, 1.82) is 0 Å². The van der Waals surface area contributed by atoms with Gasteiger partial charge in [-0.15, -0.1) is 0 Å². The van der Waals surface area contributed by atoms with Crippen molar-refractivity contribution in [3.05, 3.63) is 0 Å². The predicted molar refractivity (Wildman–Crippen MR) is 65.9 cm³/mol. The normalized spacial score (nSPS) is 38.2. The van der Waals surface area contributed by atoms with Gasteiger partial charge in [0.25, 0.3) is 0 Å². The predicted octanol–water partition coefficient (Wildman–Crippen LogP) is 3.59. The summed E-state index contributed by atoms with van der Waals surface area (Å²) in [6, 6.07) is 0.867.